The Morgan fingerprint density at radius 2 is 2.12 bits per heavy atom. The quantitative estimate of drug-likeness (QED) is 0.817. The normalized spacial score (nSPS) is 16.4. The van der Waals surface area contributed by atoms with Gasteiger partial charge in [0.1, 0.15) is 6.61 Å². The van der Waals surface area contributed by atoms with Crippen molar-refractivity contribution in [2.45, 2.75) is 31.7 Å². The summed E-state index contributed by atoms with van der Waals surface area (Å²) in [6.07, 6.45) is 5.08. The zero-order valence-electron chi connectivity index (χ0n) is 9.72. The largest absolute Gasteiger partial charge is 0.488 e. The molecule has 1 aromatic rings. The second kappa shape index (κ2) is 6.22. The van der Waals surface area contributed by atoms with Gasteiger partial charge in [0.05, 0.1) is 5.02 Å². The van der Waals surface area contributed by atoms with Gasteiger partial charge in [-0.05, 0) is 25.0 Å². The molecule has 17 heavy (non-hydrogen) atoms. The third-order valence-electron chi connectivity index (χ3n) is 3.06. The Kier molecular flexibility index (Phi) is 4.63. The van der Waals surface area contributed by atoms with Crippen LogP contribution in [0.3, 0.4) is 0 Å². The third kappa shape index (κ3) is 3.58. The molecular formula is C13H17ClFNO. The monoisotopic (exact) mass is 257 g/mol. The zero-order chi connectivity index (χ0) is 12.1. The van der Waals surface area contributed by atoms with Gasteiger partial charge in [0.2, 0.25) is 0 Å². The minimum absolute atomic E-state index is 0.155. The van der Waals surface area contributed by atoms with Crippen molar-refractivity contribution >= 4 is 11.6 Å². The molecule has 2 nitrogen and oxygen atoms in total. The maximum Gasteiger partial charge on any atom is 0.173 e. The highest BCUT2D eigenvalue weighted by Gasteiger charge is 2.14. The lowest BCUT2D eigenvalue weighted by Gasteiger charge is -2.13. The summed E-state index contributed by atoms with van der Waals surface area (Å²) in [5.41, 5.74) is 0. The molecule has 0 atom stereocenters. The van der Waals surface area contributed by atoms with Crippen molar-refractivity contribution in [2.75, 3.05) is 13.2 Å². The highest BCUT2D eigenvalue weighted by atomic mass is 35.5. The molecule has 0 saturated heterocycles. The van der Waals surface area contributed by atoms with E-state index in [1.165, 1.54) is 31.7 Å². The Morgan fingerprint density at radius 1 is 1.35 bits per heavy atom. The molecule has 94 valence electrons. The molecule has 0 heterocycles. The van der Waals surface area contributed by atoms with Crippen LogP contribution in [0, 0.1) is 5.82 Å². The highest BCUT2D eigenvalue weighted by molar-refractivity contribution is 6.32. The minimum atomic E-state index is -0.404. The lowest BCUT2D eigenvalue weighted by Crippen LogP contribution is -2.30. The zero-order valence-corrected chi connectivity index (χ0v) is 10.5. The Balaban J connectivity index is 1.74. The van der Waals surface area contributed by atoms with Crippen molar-refractivity contribution in [3.05, 3.63) is 29.0 Å². The van der Waals surface area contributed by atoms with Crippen molar-refractivity contribution < 1.29 is 9.13 Å². The van der Waals surface area contributed by atoms with Crippen LogP contribution in [0.25, 0.3) is 0 Å². The Hall–Kier alpha value is -0.800. The first kappa shape index (κ1) is 12.7. The van der Waals surface area contributed by atoms with Crippen LogP contribution in [-0.2, 0) is 0 Å². The number of para-hydroxylation sites is 1. The second-order valence-corrected chi connectivity index (χ2v) is 4.74. The molecule has 0 radical (unpaired) electrons. The van der Waals surface area contributed by atoms with Gasteiger partial charge in [-0.1, -0.05) is 30.5 Å². The fraction of sp³-hybridized carbons (Fsp3) is 0.538. The summed E-state index contributed by atoms with van der Waals surface area (Å²) in [6, 6.07) is 5.16. The summed E-state index contributed by atoms with van der Waals surface area (Å²) in [5, 5.41) is 3.73. The van der Waals surface area contributed by atoms with Gasteiger partial charge in [-0.15, -0.1) is 0 Å². The molecule has 1 aliphatic carbocycles. The van der Waals surface area contributed by atoms with Crippen molar-refractivity contribution in [3.8, 4) is 5.75 Å². The second-order valence-electron chi connectivity index (χ2n) is 4.33. The summed E-state index contributed by atoms with van der Waals surface area (Å²) < 4.78 is 18.7. The standard InChI is InChI=1S/C13H17ClFNO/c14-11-6-3-7-12(15)13(11)17-9-8-16-10-4-1-2-5-10/h3,6-7,10,16H,1-2,4-5,8-9H2. The SMILES string of the molecule is Fc1cccc(Cl)c1OCCNC1CCCC1. The summed E-state index contributed by atoms with van der Waals surface area (Å²) in [5.74, 6) is -0.249. The maximum absolute atomic E-state index is 13.3. The molecule has 4 heteroatoms. The van der Waals surface area contributed by atoms with Crippen LogP contribution in [0.4, 0.5) is 4.39 Å². The van der Waals surface area contributed by atoms with E-state index >= 15 is 0 Å². The fourth-order valence-corrected chi connectivity index (χ4v) is 2.38. The first-order chi connectivity index (χ1) is 8.27. The minimum Gasteiger partial charge on any atom is -0.488 e. The molecule has 1 N–H and O–H groups in total. The van der Waals surface area contributed by atoms with E-state index in [1.54, 1.807) is 12.1 Å². The van der Waals surface area contributed by atoms with Crippen molar-refractivity contribution in [3.63, 3.8) is 0 Å². The Labute approximate surface area is 106 Å². The molecule has 0 aromatic heterocycles. The maximum atomic E-state index is 13.3. The number of nitrogens with one attached hydrogen (secondary N) is 1. The Bertz CT molecular complexity index is 346. The van der Waals surface area contributed by atoms with E-state index in [0.717, 1.165) is 6.54 Å². The first-order valence-electron chi connectivity index (χ1n) is 6.07. The van der Waals surface area contributed by atoms with Crippen LogP contribution in [0.15, 0.2) is 18.2 Å². The molecule has 0 spiro atoms. The van der Waals surface area contributed by atoms with Gasteiger partial charge < -0.3 is 10.1 Å². The Morgan fingerprint density at radius 3 is 2.82 bits per heavy atom. The number of ether oxygens (including phenoxy) is 1. The van der Waals surface area contributed by atoms with Crippen molar-refractivity contribution in [2.24, 2.45) is 0 Å². The molecule has 2 rings (SSSR count). The third-order valence-corrected chi connectivity index (χ3v) is 3.35. The number of halogens is 2. The van der Waals surface area contributed by atoms with Gasteiger partial charge in [0.15, 0.2) is 11.6 Å². The van der Waals surface area contributed by atoms with Crippen molar-refractivity contribution in [1.29, 1.82) is 0 Å². The molecule has 0 bridgehead atoms. The number of hydrogen-bond donors (Lipinski definition) is 1. The predicted octanol–water partition coefficient (Wildman–Crippen LogP) is 3.39. The van der Waals surface area contributed by atoms with Gasteiger partial charge in [0, 0.05) is 12.6 Å². The molecule has 1 saturated carbocycles. The van der Waals surface area contributed by atoms with Crippen LogP contribution in [0.5, 0.6) is 5.75 Å². The fourth-order valence-electron chi connectivity index (χ4n) is 2.17. The van der Waals surface area contributed by atoms with E-state index in [2.05, 4.69) is 5.32 Å². The summed E-state index contributed by atoms with van der Waals surface area (Å²) >= 11 is 5.85. The van der Waals surface area contributed by atoms with E-state index in [-0.39, 0.29) is 5.75 Å². The van der Waals surface area contributed by atoms with E-state index in [4.69, 9.17) is 16.3 Å². The molecule has 0 amide bonds. The van der Waals surface area contributed by atoms with Crippen LogP contribution in [0.1, 0.15) is 25.7 Å². The van der Waals surface area contributed by atoms with Gasteiger partial charge >= 0.3 is 0 Å². The molecule has 0 aliphatic heterocycles. The average molecular weight is 258 g/mol. The van der Waals surface area contributed by atoms with Crippen LogP contribution >= 0.6 is 11.6 Å². The number of benzene rings is 1. The lowest BCUT2D eigenvalue weighted by molar-refractivity contribution is 0.291. The summed E-state index contributed by atoms with van der Waals surface area (Å²) in [4.78, 5) is 0. The van der Waals surface area contributed by atoms with Gasteiger partial charge in [-0.3, -0.25) is 0 Å². The number of rotatable bonds is 5. The van der Waals surface area contributed by atoms with Crippen LogP contribution in [0.2, 0.25) is 5.02 Å². The average Bonchev–Trinajstić information content (AvgIpc) is 2.80. The van der Waals surface area contributed by atoms with E-state index in [0.29, 0.717) is 17.7 Å². The summed E-state index contributed by atoms with van der Waals surface area (Å²) in [6.45, 7) is 1.17. The molecule has 1 fully saturated rings. The van der Waals surface area contributed by atoms with Gasteiger partial charge in [-0.2, -0.15) is 0 Å². The van der Waals surface area contributed by atoms with Crippen molar-refractivity contribution in [1.82, 2.24) is 5.32 Å². The van der Waals surface area contributed by atoms with E-state index in [9.17, 15) is 4.39 Å². The van der Waals surface area contributed by atoms with Crippen LogP contribution < -0.4 is 10.1 Å². The lowest BCUT2D eigenvalue weighted by atomic mass is 10.2. The smallest absolute Gasteiger partial charge is 0.173 e. The predicted molar refractivity (Wildman–Crippen MR) is 67.2 cm³/mol. The molecular weight excluding hydrogens is 241 g/mol. The molecule has 0 unspecified atom stereocenters. The summed E-state index contributed by atoms with van der Waals surface area (Å²) in [7, 11) is 0. The molecule has 1 aromatic carbocycles. The first-order valence-corrected chi connectivity index (χ1v) is 6.45. The van der Waals surface area contributed by atoms with Gasteiger partial charge in [0.25, 0.3) is 0 Å². The highest BCUT2D eigenvalue weighted by Crippen LogP contribution is 2.27. The van der Waals surface area contributed by atoms with Gasteiger partial charge in [-0.25, -0.2) is 4.39 Å². The topological polar surface area (TPSA) is 21.3 Å². The van der Waals surface area contributed by atoms with E-state index < -0.39 is 5.82 Å². The van der Waals surface area contributed by atoms with E-state index in [1.807, 2.05) is 0 Å². The van der Waals surface area contributed by atoms with Crippen LogP contribution in [-0.4, -0.2) is 19.2 Å². The molecule has 1 aliphatic rings. The number of hydrogen-bond acceptors (Lipinski definition) is 2.